The minimum atomic E-state index is -3.52. The molecule has 12 heavy (non-hydrogen) atoms. The van der Waals surface area contributed by atoms with Crippen molar-refractivity contribution in [1.82, 2.24) is 0 Å². The van der Waals surface area contributed by atoms with Crippen LogP contribution in [-0.2, 0) is 10.0 Å². The van der Waals surface area contributed by atoms with Crippen LogP contribution in [0.15, 0.2) is 15.7 Å². The lowest BCUT2D eigenvalue weighted by molar-refractivity contribution is 0.598. The van der Waals surface area contributed by atoms with Gasteiger partial charge in [-0.25, -0.2) is 13.6 Å². The van der Waals surface area contributed by atoms with Gasteiger partial charge >= 0.3 is 0 Å². The fraction of sp³-hybridized carbons (Fsp3) is 0.429. The average Bonchev–Trinajstić information content (AvgIpc) is 2.30. The van der Waals surface area contributed by atoms with Gasteiger partial charge in [0.25, 0.3) is 0 Å². The zero-order chi connectivity index (χ0) is 9.35. The molecule has 0 saturated carbocycles. The second-order valence-electron chi connectivity index (χ2n) is 2.86. The Morgan fingerprint density at radius 1 is 1.50 bits per heavy atom. The maximum Gasteiger partial charge on any atom is 0.247 e. The van der Waals surface area contributed by atoms with Crippen LogP contribution in [0.25, 0.3) is 0 Å². The third-order valence-electron chi connectivity index (χ3n) is 1.54. The largest absolute Gasteiger partial charge is 0.247 e. The molecule has 0 aliphatic heterocycles. The van der Waals surface area contributed by atoms with Gasteiger partial charge in [-0.05, 0) is 22.9 Å². The molecule has 0 fully saturated rings. The van der Waals surface area contributed by atoms with E-state index in [1.54, 1.807) is 11.4 Å². The molecule has 68 valence electrons. The second kappa shape index (κ2) is 3.16. The summed E-state index contributed by atoms with van der Waals surface area (Å²) in [5, 5.41) is 6.77. The van der Waals surface area contributed by atoms with Crippen LogP contribution in [0.1, 0.15) is 25.3 Å². The summed E-state index contributed by atoms with van der Waals surface area (Å²) in [6.45, 7) is 3.88. The zero-order valence-electron chi connectivity index (χ0n) is 6.94. The lowest BCUT2D eigenvalue weighted by atomic mass is 10.1. The Morgan fingerprint density at radius 3 is 2.42 bits per heavy atom. The van der Waals surface area contributed by atoms with Crippen LogP contribution in [0.3, 0.4) is 0 Å². The normalized spacial score (nSPS) is 12.3. The van der Waals surface area contributed by atoms with Gasteiger partial charge in [0.05, 0.1) is 0 Å². The van der Waals surface area contributed by atoms with Crippen molar-refractivity contribution in [1.29, 1.82) is 0 Å². The monoisotopic (exact) mass is 205 g/mol. The minimum absolute atomic E-state index is 0.199. The third kappa shape index (κ3) is 1.85. The number of hydrogen-bond acceptors (Lipinski definition) is 3. The minimum Gasteiger partial charge on any atom is -0.224 e. The van der Waals surface area contributed by atoms with E-state index in [-0.39, 0.29) is 10.1 Å². The molecule has 0 aliphatic carbocycles. The highest BCUT2D eigenvalue weighted by Gasteiger charge is 2.16. The first kappa shape index (κ1) is 9.70. The fourth-order valence-corrected chi connectivity index (χ4v) is 3.08. The Labute approximate surface area is 76.3 Å². The van der Waals surface area contributed by atoms with Crippen LogP contribution in [0.2, 0.25) is 0 Å². The maximum absolute atomic E-state index is 11.0. The van der Waals surface area contributed by atoms with Crippen molar-refractivity contribution in [2.45, 2.75) is 24.0 Å². The van der Waals surface area contributed by atoms with Crippen molar-refractivity contribution in [3.8, 4) is 0 Å². The molecule has 0 amide bonds. The molecule has 0 radical (unpaired) electrons. The maximum atomic E-state index is 11.0. The smallest absolute Gasteiger partial charge is 0.224 e. The molecule has 0 aromatic carbocycles. The summed E-state index contributed by atoms with van der Waals surface area (Å²) < 4.78 is 22.3. The van der Waals surface area contributed by atoms with Gasteiger partial charge in [0.15, 0.2) is 0 Å². The molecule has 0 bridgehead atoms. The summed E-state index contributed by atoms with van der Waals surface area (Å²) in [5.41, 5.74) is 0.808. The van der Waals surface area contributed by atoms with E-state index in [9.17, 15) is 8.42 Å². The van der Waals surface area contributed by atoms with Crippen molar-refractivity contribution < 1.29 is 8.42 Å². The van der Waals surface area contributed by atoms with E-state index in [1.165, 1.54) is 11.3 Å². The van der Waals surface area contributed by atoms with Crippen LogP contribution < -0.4 is 5.14 Å². The Balaban J connectivity index is 3.26. The Morgan fingerprint density at radius 2 is 2.08 bits per heavy atom. The molecular weight excluding hydrogens is 194 g/mol. The van der Waals surface area contributed by atoms with Crippen molar-refractivity contribution in [2.75, 3.05) is 0 Å². The Kier molecular flexibility index (Phi) is 2.55. The molecule has 1 heterocycles. The number of nitrogens with two attached hydrogens (primary N) is 1. The standard InChI is InChI=1S/C7H11NO2S2/c1-5(2)6-3-4-11-7(6)12(8,9)10/h3-5H,1-2H3,(H2,8,9,10). The van der Waals surface area contributed by atoms with Crippen molar-refractivity contribution >= 4 is 21.4 Å². The van der Waals surface area contributed by atoms with Gasteiger partial charge in [-0.15, -0.1) is 11.3 Å². The highest BCUT2D eigenvalue weighted by atomic mass is 32.2. The highest BCUT2D eigenvalue weighted by Crippen LogP contribution is 2.27. The quantitative estimate of drug-likeness (QED) is 0.795. The lowest BCUT2D eigenvalue weighted by Gasteiger charge is -2.03. The van der Waals surface area contributed by atoms with E-state index in [0.29, 0.717) is 0 Å². The predicted molar refractivity (Wildman–Crippen MR) is 49.8 cm³/mol. The lowest BCUT2D eigenvalue weighted by Crippen LogP contribution is -2.12. The summed E-state index contributed by atoms with van der Waals surface area (Å²) in [5.74, 6) is 0.199. The van der Waals surface area contributed by atoms with Crippen LogP contribution >= 0.6 is 11.3 Å². The topological polar surface area (TPSA) is 60.2 Å². The fourth-order valence-electron chi connectivity index (χ4n) is 0.965. The van der Waals surface area contributed by atoms with Gasteiger partial charge in [0.1, 0.15) is 4.21 Å². The second-order valence-corrected chi connectivity index (χ2v) is 5.54. The first-order valence-corrected chi connectivity index (χ1v) is 5.95. The Bertz CT molecular complexity index is 365. The van der Waals surface area contributed by atoms with E-state index in [2.05, 4.69) is 0 Å². The van der Waals surface area contributed by atoms with Gasteiger partial charge in [0.2, 0.25) is 10.0 Å². The molecule has 0 spiro atoms. The summed E-state index contributed by atoms with van der Waals surface area (Å²) in [6.07, 6.45) is 0. The van der Waals surface area contributed by atoms with Crippen molar-refractivity contribution in [3.63, 3.8) is 0 Å². The van der Waals surface area contributed by atoms with Crippen LogP contribution in [0.5, 0.6) is 0 Å². The summed E-state index contributed by atoms with van der Waals surface area (Å²) in [4.78, 5) is 0. The van der Waals surface area contributed by atoms with Gasteiger partial charge in [-0.3, -0.25) is 0 Å². The average molecular weight is 205 g/mol. The van der Waals surface area contributed by atoms with Gasteiger partial charge in [-0.2, -0.15) is 0 Å². The molecule has 1 aromatic rings. The first-order valence-electron chi connectivity index (χ1n) is 3.53. The molecule has 2 N–H and O–H groups in total. The van der Waals surface area contributed by atoms with E-state index in [1.807, 2.05) is 13.8 Å². The molecule has 0 unspecified atom stereocenters. The van der Waals surface area contributed by atoms with Crippen molar-refractivity contribution in [2.24, 2.45) is 5.14 Å². The zero-order valence-corrected chi connectivity index (χ0v) is 8.58. The van der Waals surface area contributed by atoms with E-state index >= 15 is 0 Å². The van der Waals surface area contributed by atoms with Gasteiger partial charge < -0.3 is 0 Å². The van der Waals surface area contributed by atoms with Crippen LogP contribution in [0.4, 0.5) is 0 Å². The SMILES string of the molecule is CC(C)c1ccsc1S(N)(=O)=O. The molecule has 1 rings (SSSR count). The molecular formula is C7H11NO2S2. The van der Waals surface area contributed by atoms with E-state index < -0.39 is 10.0 Å². The molecule has 0 aliphatic rings. The summed E-state index contributed by atoms with van der Waals surface area (Å²) in [7, 11) is -3.52. The van der Waals surface area contributed by atoms with Gasteiger partial charge in [-0.1, -0.05) is 13.8 Å². The molecule has 3 nitrogen and oxygen atoms in total. The first-order chi connectivity index (χ1) is 5.43. The molecule has 0 saturated heterocycles. The number of hydrogen-bond donors (Lipinski definition) is 1. The number of rotatable bonds is 2. The van der Waals surface area contributed by atoms with Crippen LogP contribution in [-0.4, -0.2) is 8.42 Å². The van der Waals surface area contributed by atoms with Crippen LogP contribution in [0, 0.1) is 0 Å². The summed E-state index contributed by atoms with van der Waals surface area (Å²) in [6, 6.07) is 1.80. The molecule has 0 atom stereocenters. The summed E-state index contributed by atoms with van der Waals surface area (Å²) >= 11 is 1.17. The van der Waals surface area contributed by atoms with E-state index in [0.717, 1.165) is 5.56 Å². The van der Waals surface area contributed by atoms with Gasteiger partial charge in [0, 0.05) is 0 Å². The number of thiophene rings is 1. The third-order valence-corrected chi connectivity index (χ3v) is 4.00. The highest BCUT2D eigenvalue weighted by molar-refractivity contribution is 7.91. The predicted octanol–water partition coefficient (Wildman–Crippen LogP) is 1.52. The molecule has 5 heteroatoms. The van der Waals surface area contributed by atoms with E-state index in [4.69, 9.17) is 5.14 Å². The number of sulfonamides is 1. The van der Waals surface area contributed by atoms with Crippen molar-refractivity contribution in [3.05, 3.63) is 17.0 Å². The molecule has 1 aromatic heterocycles. The number of primary sulfonamides is 1. The Hall–Kier alpha value is -0.390.